The summed E-state index contributed by atoms with van der Waals surface area (Å²) < 4.78 is 0. The second kappa shape index (κ2) is 18.3. The highest BCUT2D eigenvalue weighted by molar-refractivity contribution is 4.89. The standard InChI is InChI=1S/C16H34N4/c1-3-17-11-5-7-13-19-15-9-10-16-20-14-8-6-12-18-4-2/h5,7,9-10,17-20H,3-4,6,8,11-16H2,1-2H3. The van der Waals surface area contributed by atoms with E-state index in [1.165, 1.54) is 12.8 Å². The van der Waals surface area contributed by atoms with Crippen molar-refractivity contribution in [2.75, 3.05) is 52.4 Å². The molecule has 4 nitrogen and oxygen atoms in total. The van der Waals surface area contributed by atoms with Crippen molar-refractivity contribution >= 4 is 0 Å². The van der Waals surface area contributed by atoms with Gasteiger partial charge in [0.1, 0.15) is 0 Å². The van der Waals surface area contributed by atoms with Crippen molar-refractivity contribution in [2.24, 2.45) is 0 Å². The van der Waals surface area contributed by atoms with E-state index in [2.05, 4.69) is 59.4 Å². The molecule has 0 aliphatic heterocycles. The van der Waals surface area contributed by atoms with Crippen molar-refractivity contribution in [2.45, 2.75) is 26.7 Å². The van der Waals surface area contributed by atoms with Gasteiger partial charge in [-0.1, -0.05) is 38.2 Å². The summed E-state index contributed by atoms with van der Waals surface area (Å²) in [4.78, 5) is 0. The number of unbranched alkanes of at least 4 members (excludes halogenated alkanes) is 1. The first-order chi connectivity index (χ1) is 9.91. The first-order valence-electron chi connectivity index (χ1n) is 8.04. The van der Waals surface area contributed by atoms with Gasteiger partial charge in [0.2, 0.25) is 0 Å². The maximum atomic E-state index is 3.42. The molecule has 0 spiro atoms. The molecule has 118 valence electrons. The van der Waals surface area contributed by atoms with Gasteiger partial charge in [-0.2, -0.15) is 0 Å². The number of hydrogen-bond donors (Lipinski definition) is 4. The van der Waals surface area contributed by atoms with Crippen LogP contribution in [0.15, 0.2) is 24.3 Å². The van der Waals surface area contributed by atoms with E-state index in [9.17, 15) is 0 Å². The van der Waals surface area contributed by atoms with Crippen LogP contribution < -0.4 is 21.3 Å². The van der Waals surface area contributed by atoms with Crippen LogP contribution in [0.25, 0.3) is 0 Å². The summed E-state index contributed by atoms with van der Waals surface area (Å²) >= 11 is 0. The summed E-state index contributed by atoms with van der Waals surface area (Å²) in [6.45, 7) is 12.4. The Balaban J connectivity index is 3.10. The molecule has 0 aromatic carbocycles. The zero-order valence-corrected chi connectivity index (χ0v) is 13.4. The van der Waals surface area contributed by atoms with Gasteiger partial charge in [-0.3, -0.25) is 0 Å². The maximum absolute atomic E-state index is 3.42. The zero-order valence-electron chi connectivity index (χ0n) is 13.4. The molecular formula is C16H34N4. The highest BCUT2D eigenvalue weighted by Gasteiger charge is 1.86. The lowest BCUT2D eigenvalue weighted by atomic mass is 10.3. The fourth-order valence-electron chi connectivity index (χ4n) is 1.67. The van der Waals surface area contributed by atoms with Gasteiger partial charge in [-0.05, 0) is 39.0 Å². The van der Waals surface area contributed by atoms with E-state index < -0.39 is 0 Å². The molecular weight excluding hydrogens is 248 g/mol. The molecule has 0 radical (unpaired) electrons. The van der Waals surface area contributed by atoms with Crippen LogP contribution in [0.5, 0.6) is 0 Å². The van der Waals surface area contributed by atoms with Crippen LogP contribution in [0, 0.1) is 0 Å². The minimum Gasteiger partial charge on any atom is -0.317 e. The summed E-state index contributed by atoms with van der Waals surface area (Å²) in [6.07, 6.45) is 11.2. The van der Waals surface area contributed by atoms with Crippen LogP contribution >= 0.6 is 0 Å². The molecule has 0 atom stereocenters. The molecule has 0 aromatic heterocycles. The second-order valence-electron chi connectivity index (χ2n) is 4.67. The van der Waals surface area contributed by atoms with Gasteiger partial charge in [0, 0.05) is 26.2 Å². The molecule has 0 heterocycles. The summed E-state index contributed by atoms with van der Waals surface area (Å²) in [5.41, 5.74) is 0. The van der Waals surface area contributed by atoms with E-state index in [0.717, 1.165) is 52.4 Å². The first kappa shape index (κ1) is 19.3. The Morgan fingerprint density at radius 2 is 1.00 bits per heavy atom. The minimum atomic E-state index is 0.938. The summed E-state index contributed by atoms with van der Waals surface area (Å²) in [5.74, 6) is 0. The minimum absolute atomic E-state index is 0.938. The third-order valence-electron chi connectivity index (χ3n) is 2.84. The molecule has 0 saturated heterocycles. The Labute approximate surface area is 125 Å². The first-order valence-corrected chi connectivity index (χ1v) is 8.04. The quantitative estimate of drug-likeness (QED) is 0.270. The normalized spacial score (nSPS) is 11.9. The van der Waals surface area contributed by atoms with Crippen LogP contribution in [-0.4, -0.2) is 52.4 Å². The fourth-order valence-corrected chi connectivity index (χ4v) is 1.67. The third kappa shape index (κ3) is 17.3. The van der Waals surface area contributed by atoms with E-state index in [0.29, 0.717) is 0 Å². The van der Waals surface area contributed by atoms with E-state index >= 15 is 0 Å². The van der Waals surface area contributed by atoms with Gasteiger partial charge >= 0.3 is 0 Å². The maximum Gasteiger partial charge on any atom is 0.0138 e. The predicted octanol–water partition coefficient (Wildman–Crippen LogP) is 1.28. The SMILES string of the molecule is CCNCC=CCNCC=CCNCCCCNCC. The van der Waals surface area contributed by atoms with Crippen molar-refractivity contribution < 1.29 is 0 Å². The molecule has 20 heavy (non-hydrogen) atoms. The molecule has 4 heteroatoms. The van der Waals surface area contributed by atoms with Crippen LogP contribution in [0.1, 0.15) is 26.7 Å². The topological polar surface area (TPSA) is 48.1 Å². The largest absolute Gasteiger partial charge is 0.317 e. The Hall–Kier alpha value is -0.680. The molecule has 0 fully saturated rings. The van der Waals surface area contributed by atoms with Gasteiger partial charge in [0.25, 0.3) is 0 Å². The number of rotatable bonds is 15. The zero-order chi connectivity index (χ0) is 14.7. The predicted molar refractivity (Wildman–Crippen MR) is 90.3 cm³/mol. The molecule has 0 amide bonds. The lowest BCUT2D eigenvalue weighted by Gasteiger charge is -2.02. The summed E-state index contributed by atoms with van der Waals surface area (Å²) in [7, 11) is 0. The van der Waals surface area contributed by atoms with Crippen molar-refractivity contribution in [3.05, 3.63) is 24.3 Å². The number of hydrogen-bond acceptors (Lipinski definition) is 4. The monoisotopic (exact) mass is 282 g/mol. The second-order valence-corrected chi connectivity index (χ2v) is 4.67. The Morgan fingerprint density at radius 1 is 0.550 bits per heavy atom. The lowest BCUT2D eigenvalue weighted by molar-refractivity contribution is 0.608. The lowest BCUT2D eigenvalue weighted by Crippen LogP contribution is -2.19. The average Bonchev–Trinajstić information content (AvgIpc) is 2.47. The van der Waals surface area contributed by atoms with E-state index in [-0.39, 0.29) is 0 Å². The molecule has 0 saturated carbocycles. The van der Waals surface area contributed by atoms with Crippen molar-refractivity contribution in [3.63, 3.8) is 0 Å². The van der Waals surface area contributed by atoms with Gasteiger partial charge in [0.15, 0.2) is 0 Å². The van der Waals surface area contributed by atoms with Gasteiger partial charge in [0.05, 0.1) is 0 Å². The van der Waals surface area contributed by atoms with Crippen molar-refractivity contribution in [1.82, 2.24) is 21.3 Å². The van der Waals surface area contributed by atoms with Gasteiger partial charge in [-0.15, -0.1) is 0 Å². The smallest absolute Gasteiger partial charge is 0.0138 e. The molecule has 0 rings (SSSR count). The van der Waals surface area contributed by atoms with Crippen molar-refractivity contribution in [3.8, 4) is 0 Å². The molecule has 0 aromatic rings. The average molecular weight is 282 g/mol. The van der Waals surface area contributed by atoms with Crippen LogP contribution in [0.2, 0.25) is 0 Å². The molecule has 0 bridgehead atoms. The summed E-state index contributed by atoms with van der Waals surface area (Å²) in [5, 5.41) is 13.4. The van der Waals surface area contributed by atoms with E-state index in [1.807, 2.05) is 0 Å². The Bertz CT molecular complexity index is 227. The highest BCUT2D eigenvalue weighted by Crippen LogP contribution is 1.84. The molecule has 0 unspecified atom stereocenters. The summed E-state index contributed by atoms with van der Waals surface area (Å²) in [6, 6.07) is 0. The van der Waals surface area contributed by atoms with E-state index in [1.54, 1.807) is 0 Å². The number of likely N-dealkylation sites (N-methyl/N-ethyl adjacent to an activating group) is 1. The highest BCUT2D eigenvalue weighted by atomic mass is 14.9. The third-order valence-corrected chi connectivity index (χ3v) is 2.84. The van der Waals surface area contributed by atoms with Crippen LogP contribution in [0.4, 0.5) is 0 Å². The van der Waals surface area contributed by atoms with Crippen molar-refractivity contribution in [1.29, 1.82) is 0 Å². The van der Waals surface area contributed by atoms with Crippen LogP contribution in [0.3, 0.4) is 0 Å². The molecule has 4 N–H and O–H groups in total. The molecule has 0 aliphatic rings. The Kier molecular flexibility index (Phi) is 17.7. The van der Waals surface area contributed by atoms with Crippen LogP contribution in [-0.2, 0) is 0 Å². The van der Waals surface area contributed by atoms with Gasteiger partial charge < -0.3 is 21.3 Å². The number of nitrogens with one attached hydrogen (secondary N) is 4. The van der Waals surface area contributed by atoms with E-state index in [4.69, 9.17) is 0 Å². The Morgan fingerprint density at radius 3 is 1.55 bits per heavy atom. The van der Waals surface area contributed by atoms with Gasteiger partial charge in [-0.25, -0.2) is 0 Å². The fraction of sp³-hybridized carbons (Fsp3) is 0.750. The molecule has 0 aliphatic carbocycles.